The lowest BCUT2D eigenvalue weighted by Crippen LogP contribution is -2.51. The Hall–Kier alpha value is -5.14. The second-order valence-electron chi connectivity index (χ2n) is 20.8. The van der Waals surface area contributed by atoms with Gasteiger partial charge in [0.1, 0.15) is 22.6 Å². The molecule has 30 heteroatoms. The Morgan fingerprint density at radius 2 is 1.06 bits per heavy atom. The van der Waals surface area contributed by atoms with E-state index in [0.717, 1.165) is 119 Å². The molecule has 444 valence electrons. The monoisotopic (exact) mass is 1340 g/mol. The summed E-state index contributed by atoms with van der Waals surface area (Å²) in [5, 5.41) is 31.4. The average Bonchev–Trinajstić information content (AvgIpc) is 4.09. The van der Waals surface area contributed by atoms with Crippen LogP contribution in [0.2, 0.25) is 5.15 Å². The Balaban J connectivity index is 0.000000181. The van der Waals surface area contributed by atoms with Crippen molar-refractivity contribution in [2.45, 2.75) is 62.8 Å². The van der Waals surface area contributed by atoms with Gasteiger partial charge >= 0.3 is 0 Å². The number of aliphatic hydroxyl groups is 2. The first-order chi connectivity index (χ1) is 38.7. The summed E-state index contributed by atoms with van der Waals surface area (Å²) in [7, 11) is -7.15. The van der Waals surface area contributed by atoms with E-state index in [9.17, 15) is 31.5 Å². The maximum atomic E-state index is 14.0. The van der Waals surface area contributed by atoms with Crippen molar-refractivity contribution in [3.63, 3.8) is 0 Å². The third-order valence-corrected chi connectivity index (χ3v) is 17.0. The number of sulfonamides is 2. The van der Waals surface area contributed by atoms with Crippen molar-refractivity contribution in [1.29, 1.82) is 0 Å². The number of amides is 2. The summed E-state index contributed by atoms with van der Waals surface area (Å²) >= 11 is 13.2. The lowest BCUT2D eigenvalue weighted by molar-refractivity contribution is 0.0599. The maximum absolute atomic E-state index is 14.0. The zero-order valence-electron chi connectivity index (χ0n) is 45.2. The predicted octanol–water partition coefficient (Wildman–Crippen LogP) is 5.34. The summed E-state index contributed by atoms with van der Waals surface area (Å²) < 4.78 is 68.8. The van der Waals surface area contributed by atoms with Crippen molar-refractivity contribution in [1.82, 2.24) is 44.3 Å². The summed E-state index contributed by atoms with van der Waals surface area (Å²) in [6.07, 6.45) is 6.78. The smallest absolute Gasteiger partial charge is 0.256 e. The third-order valence-electron chi connectivity index (χ3n) is 14.7. The first kappa shape index (κ1) is 61.4. The van der Waals surface area contributed by atoms with Gasteiger partial charge in [0.05, 0.1) is 97.1 Å². The van der Waals surface area contributed by atoms with Crippen LogP contribution in [0.25, 0.3) is 11.3 Å². The van der Waals surface area contributed by atoms with Gasteiger partial charge in [-0.1, -0.05) is 43.5 Å². The second-order valence-corrected chi connectivity index (χ2v) is 26.5. The number of fused-ring (bicyclic) bond motifs is 2. The van der Waals surface area contributed by atoms with Crippen LogP contribution >= 0.6 is 55.9 Å². The summed E-state index contributed by atoms with van der Waals surface area (Å²) in [5.74, 6) is 2.00. The van der Waals surface area contributed by atoms with Crippen LogP contribution in [0.4, 0.5) is 28.8 Å². The molecule has 0 bridgehead atoms. The molecule has 2 amide bonds. The summed E-state index contributed by atoms with van der Waals surface area (Å²) in [6.45, 7) is 9.10. The highest BCUT2D eigenvalue weighted by atomic mass is 79.9. The van der Waals surface area contributed by atoms with Crippen LogP contribution < -0.4 is 29.5 Å². The Bertz CT molecular complexity index is 3510. The molecular weight excluding hydrogens is 1280 g/mol. The predicted molar refractivity (Wildman–Crippen MR) is 322 cm³/mol. The van der Waals surface area contributed by atoms with E-state index in [1.165, 1.54) is 0 Å². The number of nitrogens with zero attached hydrogens (tertiary/aromatic N) is 11. The number of β-amino-alcohol motifs (C(OH)–C–C–N with tert-alkyl or cyclic N) is 2. The van der Waals surface area contributed by atoms with Gasteiger partial charge in [0.15, 0.2) is 11.3 Å². The minimum absolute atomic E-state index is 0. The topological polar surface area (TPSA) is 274 Å². The largest absolute Gasteiger partial charge is 0.390 e. The van der Waals surface area contributed by atoms with Gasteiger partial charge in [-0.2, -0.15) is 19.2 Å². The van der Waals surface area contributed by atoms with E-state index in [0.29, 0.717) is 78.0 Å². The highest BCUT2D eigenvalue weighted by molar-refractivity contribution is 9.10. The first-order valence-corrected chi connectivity index (χ1v) is 32.6. The number of anilines is 5. The highest BCUT2D eigenvalue weighted by Gasteiger charge is 2.36. The molecule has 10 heterocycles. The zero-order valence-corrected chi connectivity index (χ0v) is 51.5. The van der Waals surface area contributed by atoms with Crippen molar-refractivity contribution >= 4 is 128 Å². The quantitative estimate of drug-likeness (QED) is 0.102. The molecule has 6 fully saturated rings. The molecule has 24 nitrogen and oxygen atoms in total. The molecule has 0 radical (unpaired) electrons. The lowest BCUT2D eigenvalue weighted by Gasteiger charge is -2.37. The van der Waals surface area contributed by atoms with Crippen molar-refractivity contribution in [2.75, 3.05) is 129 Å². The van der Waals surface area contributed by atoms with Crippen molar-refractivity contribution in [3.8, 4) is 0 Å². The number of halogens is 4. The van der Waals surface area contributed by atoms with E-state index in [2.05, 4.69) is 61.4 Å². The highest BCUT2D eigenvalue weighted by Crippen LogP contribution is 2.38. The number of carbonyl (C=O) groups is 2. The lowest BCUT2D eigenvalue weighted by atomic mass is 9.98. The fraction of sp³-hybridized carbons (Fsp3) is 0.500. The number of nitrogens with one attached hydrogen (secondary N) is 3. The molecule has 0 spiro atoms. The van der Waals surface area contributed by atoms with E-state index in [1.807, 2.05) is 27.6 Å². The molecule has 12 rings (SSSR count). The molecule has 2 atom stereocenters. The van der Waals surface area contributed by atoms with Crippen molar-refractivity contribution in [2.24, 2.45) is 0 Å². The molecule has 6 aliphatic rings. The van der Waals surface area contributed by atoms with E-state index in [-0.39, 0.29) is 71.0 Å². The fourth-order valence-electron chi connectivity index (χ4n) is 10.6. The van der Waals surface area contributed by atoms with E-state index in [4.69, 9.17) is 41.4 Å². The van der Waals surface area contributed by atoms with Gasteiger partial charge in [-0.15, -0.1) is 12.4 Å². The van der Waals surface area contributed by atoms with E-state index >= 15 is 0 Å². The molecule has 4 aromatic heterocycles. The molecule has 6 aliphatic heterocycles. The number of piperidine rings is 2. The number of carbonyl (C=O) groups excluding carboxylic acids is 2. The summed E-state index contributed by atoms with van der Waals surface area (Å²) in [6, 6.07) is 16.9. The van der Waals surface area contributed by atoms with Gasteiger partial charge in [0, 0.05) is 98.7 Å². The Morgan fingerprint density at radius 3 is 1.48 bits per heavy atom. The van der Waals surface area contributed by atoms with Crippen molar-refractivity contribution in [3.05, 3.63) is 97.3 Å². The second kappa shape index (κ2) is 26.4. The van der Waals surface area contributed by atoms with Gasteiger partial charge < -0.3 is 49.5 Å². The molecule has 2 aromatic carbocycles. The van der Waals surface area contributed by atoms with Gasteiger partial charge in [-0.3, -0.25) is 19.0 Å². The van der Waals surface area contributed by atoms with Crippen LogP contribution in [0, 0.1) is 0 Å². The van der Waals surface area contributed by atoms with Gasteiger partial charge in [0.2, 0.25) is 20.0 Å². The number of hydrogen-bond donors (Lipinski definition) is 5. The molecule has 6 saturated heterocycles. The van der Waals surface area contributed by atoms with Crippen LogP contribution in [0.15, 0.2) is 69.6 Å². The Labute approximate surface area is 503 Å². The Kier molecular flexibility index (Phi) is 19.8. The van der Waals surface area contributed by atoms with Gasteiger partial charge in [0.25, 0.3) is 11.8 Å². The fourth-order valence-corrected chi connectivity index (χ4v) is 12.6. The van der Waals surface area contributed by atoms with Crippen LogP contribution in [-0.2, 0) is 29.5 Å². The number of aliphatic hydroxyl groups excluding tert-OH is 2. The number of morpholine rings is 2. The molecule has 82 heavy (non-hydrogen) atoms. The molecular formula is C52H66Br2Cl2N14O10S2. The minimum atomic E-state index is -3.58. The number of hydrogen-bond acceptors (Lipinski definition) is 18. The standard InChI is InChI=1S/C26H32BrN7O5S.C23H26BrClN6O4S.C3H7NO.ClH/c1-40(37,38)30-20-6-5-17(27)12-19(20)26(36)33-7-3-2-4-22(33)21-13-24-28-23(32-15-18(35)16-32)14-25(34(24)29-21)31-8-10-39-11-9-31;1-36(33,34)28-17-6-5-15(24)12-16(17)23(32)30-7-3-2-4-19(30)18-13-21-26-20(25)14-22(31(21)27-18)29-8-10-35-11-9-29;5-3-1-4-2-3;/h5-6,12-14,18,22,30,35H,2-4,7-11,15-16H2,1H3;5-6,12-14,19,28H,2-4,7-11H2,1H3;3-5H,1-2H2;1H/t22-;19-;;/m00../s1. The van der Waals surface area contributed by atoms with Crippen LogP contribution in [-0.4, -0.2) is 194 Å². The number of likely N-dealkylation sites (tertiary alicyclic amines) is 2. The number of ether oxygens (including phenoxy) is 2. The van der Waals surface area contributed by atoms with E-state index < -0.39 is 20.0 Å². The van der Waals surface area contributed by atoms with Gasteiger partial charge in [-0.25, -0.2) is 26.8 Å². The average molecular weight is 1340 g/mol. The number of benzene rings is 2. The van der Waals surface area contributed by atoms with Crippen LogP contribution in [0.3, 0.4) is 0 Å². The first-order valence-electron chi connectivity index (χ1n) is 26.9. The summed E-state index contributed by atoms with van der Waals surface area (Å²) in [4.78, 5) is 47.1. The van der Waals surface area contributed by atoms with Crippen LogP contribution in [0.1, 0.15) is 82.7 Å². The normalized spacial score (nSPS) is 20.0. The number of aromatic nitrogens is 6. The minimum Gasteiger partial charge on any atom is -0.390 e. The molecule has 0 aliphatic carbocycles. The van der Waals surface area contributed by atoms with Crippen LogP contribution in [0.5, 0.6) is 0 Å². The number of rotatable bonds is 11. The van der Waals surface area contributed by atoms with Crippen molar-refractivity contribution < 1.29 is 46.1 Å². The zero-order chi connectivity index (χ0) is 57.2. The van der Waals surface area contributed by atoms with Gasteiger partial charge in [-0.05, 0) is 74.9 Å². The SMILES string of the molecule is CS(=O)(=O)Nc1ccc(Br)cc1C(=O)N1CCCC[C@H]1c1cc2nc(Cl)cc(N3CCOCC3)n2n1.CS(=O)(=O)Nc1ccc(Br)cc1C(=O)N1CCCC[C@H]1c1cc2nc(N3CC(O)C3)cc(N3CCOCC3)n2n1.Cl.OC1CNC1. The molecule has 5 N–H and O–H groups in total. The summed E-state index contributed by atoms with van der Waals surface area (Å²) in [5.41, 5.74) is 3.79. The maximum Gasteiger partial charge on any atom is 0.256 e. The molecule has 6 aromatic rings. The van der Waals surface area contributed by atoms with E-state index in [1.54, 1.807) is 56.8 Å². The molecule has 0 saturated carbocycles. The third kappa shape index (κ3) is 14.7. The molecule has 0 unspecified atom stereocenters. The Morgan fingerprint density at radius 1 is 0.622 bits per heavy atom.